The zero-order valence-corrected chi connectivity index (χ0v) is 13.2. The fraction of sp³-hybridized carbons (Fsp3) is 0.200. The van der Waals surface area contributed by atoms with E-state index < -0.39 is 10.0 Å². The van der Waals surface area contributed by atoms with Crippen molar-refractivity contribution in [2.45, 2.75) is 18.0 Å². The van der Waals surface area contributed by atoms with Gasteiger partial charge in [0.25, 0.3) is 0 Å². The van der Waals surface area contributed by atoms with Crippen molar-refractivity contribution in [1.29, 1.82) is 0 Å². The van der Waals surface area contributed by atoms with Crippen LogP contribution in [0, 0.1) is 0 Å². The van der Waals surface area contributed by atoms with E-state index in [0.29, 0.717) is 11.6 Å². The Bertz CT molecular complexity index is 717. The van der Waals surface area contributed by atoms with Crippen LogP contribution in [0.25, 0.3) is 0 Å². The second-order valence-corrected chi connectivity index (χ2v) is 6.84. The summed E-state index contributed by atoms with van der Waals surface area (Å²) in [6.07, 6.45) is 0. The van der Waals surface area contributed by atoms with Gasteiger partial charge in [-0.25, -0.2) is 13.1 Å². The Morgan fingerprint density at radius 3 is 2.33 bits per heavy atom. The molecule has 0 aromatic heterocycles. The van der Waals surface area contributed by atoms with Gasteiger partial charge in [-0.1, -0.05) is 35.9 Å². The lowest BCUT2D eigenvalue weighted by atomic mass is 10.2. The van der Waals surface area contributed by atoms with Crippen molar-refractivity contribution in [2.24, 2.45) is 0 Å². The highest BCUT2D eigenvalue weighted by Gasteiger charge is 2.14. The third kappa shape index (κ3) is 4.54. The molecule has 0 amide bonds. The maximum absolute atomic E-state index is 12.3. The number of halogens is 1. The maximum Gasteiger partial charge on any atom is 0.240 e. The monoisotopic (exact) mass is 324 g/mol. The van der Waals surface area contributed by atoms with Crippen molar-refractivity contribution in [1.82, 2.24) is 10.0 Å². The molecule has 2 N–H and O–H groups in total. The molecule has 0 atom stereocenters. The molecule has 0 saturated carbocycles. The molecule has 2 aromatic carbocycles. The number of nitrogens with one attached hydrogen (secondary N) is 2. The lowest BCUT2D eigenvalue weighted by molar-refractivity contribution is 0.581. The van der Waals surface area contributed by atoms with Crippen molar-refractivity contribution >= 4 is 21.6 Å². The fourth-order valence-corrected chi connectivity index (χ4v) is 3.24. The average molecular weight is 325 g/mol. The minimum atomic E-state index is -3.53. The largest absolute Gasteiger partial charge is 0.316 e. The molecule has 112 valence electrons. The summed E-state index contributed by atoms with van der Waals surface area (Å²) in [6, 6.07) is 14.0. The summed E-state index contributed by atoms with van der Waals surface area (Å²) in [4.78, 5) is 0.261. The van der Waals surface area contributed by atoms with Gasteiger partial charge in [-0.2, -0.15) is 0 Å². The van der Waals surface area contributed by atoms with Gasteiger partial charge in [0, 0.05) is 18.1 Å². The quantitative estimate of drug-likeness (QED) is 0.858. The molecular weight excluding hydrogens is 308 g/mol. The minimum Gasteiger partial charge on any atom is -0.316 e. The highest BCUT2D eigenvalue weighted by atomic mass is 35.5. The van der Waals surface area contributed by atoms with Crippen LogP contribution >= 0.6 is 11.6 Å². The number of hydrogen-bond donors (Lipinski definition) is 2. The second kappa shape index (κ2) is 7.04. The first kappa shape index (κ1) is 16.0. The molecule has 0 bridgehead atoms. The van der Waals surface area contributed by atoms with Crippen LogP contribution in [-0.4, -0.2) is 15.5 Å². The highest BCUT2D eigenvalue weighted by molar-refractivity contribution is 7.89. The van der Waals surface area contributed by atoms with Crippen molar-refractivity contribution in [3.63, 3.8) is 0 Å². The van der Waals surface area contributed by atoms with Gasteiger partial charge in [-0.15, -0.1) is 0 Å². The molecule has 0 spiro atoms. The molecule has 0 radical (unpaired) electrons. The third-order valence-electron chi connectivity index (χ3n) is 2.94. The van der Waals surface area contributed by atoms with E-state index in [2.05, 4.69) is 10.0 Å². The summed E-state index contributed by atoms with van der Waals surface area (Å²) in [5.41, 5.74) is 1.74. The predicted molar refractivity (Wildman–Crippen MR) is 84.7 cm³/mol. The van der Waals surface area contributed by atoms with E-state index >= 15 is 0 Å². The third-order valence-corrected chi connectivity index (χ3v) is 4.58. The first-order valence-electron chi connectivity index (χ1n) is 6.49. The van der Waals surface area contributed by atoms with Crippen molar-refractivity contribution in [2.75, 3.05) is 7.05 Å². The molecule has 6 heteroatoms. The zero-order valence-electron chi connectivity index (χ0n) is 11.6. The molecule has 0 unspecified atom stereocenters. The van der Waals surface area contributed by atoms with Gasteiger partial charge in [-0.3, -0.25) is 0 Å². The van der Waals surface area contributed by atoms with Crippen LogP contribution in [-0.2, 0) is 23.1 Å². The first-order valence-corrected chi connectivity index (χ1v) is 8.35. The summed E-state index contributed by atoms with van der Waals surface area (Å²) in [5, 5.41) is 3.58. The van der Waals surface area contributed by atoms with E-state index in [1.54, 1.807) is 36.4 Å². The number of hydrogen-bond acceptors (Lipinski definition) is 3. The van der Waals surface area contributed by atoms with Crippen LogP contribution in [0.1, 0.15) is 11.1 Å². The highest BCUT2D eigenvalue weighted by Crippen LogP contribution is 2.14. The van der Waals surface area contributed by atoms with Crippen LogP contribution in [0.3, 0.4) is 0 Å². The topological polar surface area (TPSA) is 58.2 Å². The Labute approximate surface area is 130 Å². The van der Waals surface area contributed by atoms with Crippen LogP contribution in [0.4, 0.5) is 0 Å². The molecule has 0 saturated heterocycles. The summed E-state index contributed by atoms with van der Waals surface area (Å²) >= 11 is 5.88. The molecule has 0 fully saturated rings. The SMILES string of the molecule is CNCc1cccc(S(=O)(=O)NCc2cccc(Cl)c2)c1. The summed E-state index contributed by atoms with van der Waals surface area (Å²) in [7, 11) is -1.71. The normalized spacial score (nSPS) is 11.5. The van der Waals surface area contributed by atoms with E-state index in [0.717, 1.165) is 11.1 Å². The van der Waals surface area contributed by atoms with Crippen molar-refractivity contribution in [3.05, 3.63) is 64.7 Å². The summed E-state index contributed by atoms with van der Waals surface area (Å²) in [5.74, 6) is 0. The van der Waals surface area contributed by atoms with Gasteiger partial charge >= 0.3 is 0 Å². The first-order chi connectivity index (χ1) is 10.0. The van der Waals surface area contributed by atoms with Gasteiger partial charge in [-0.05, 0) is 42.4 Å². The van der Waals surface area contributed by atoms with E-state index in [1.807, 2.05) is 19.2 Å². The fourth-order valence-electron chi connectivity index (χ4n) is 1.94. The lowest BCUT2D eigenvalue weighted by Crippen LogP contribution is -2.23. The minimum absolute atomic E-state index is 0.207. The Kier molecular flexibility index (Phi) is 5.36. The lowest BCUT2D eigenvalue weighted by Gasteiger charge is -2.09. The maximum atomic E-state index is 12.3. The van der Waals surface area contributed by atoms with Gasteiger partial charge in [0.2, 0.25) is 10.0 Å². The van der Waals surface area contributed by atoms with Crippen LogP contribution in [0.2, 0.25) is 5.02 Å². The van der Waals surface area contributed by atoms with Crippen LogP contribution in [0.5, 0.6) is 0 Å². The number of sulfonamides is 1. The standard InChI is InChI=1S/C15H17ClN2O2S/c1-17-10-13-5-3-7-15(9-13)21(19,20)18-11-12-4-2-6-14(16)8-12/h2-9,17-18H,10-11H2,1H3. The second-order valence-electron chi connectivity index (χ2n) is 4.63. The predicted octanol–water partition coefficient (Wildman–Crippen LogP) is 2.54. The van der Waals surface area contributed by atoms with E-state index in [-0.39, 0.29) is 11.4 Å². The summed E-state index contributed by atoms with van der Waals surface area (Å²) < 4.78 is 27.1. The molecule has 0 heterocycles. The Morgan fingerprint density at radius 2 is 1.67 bits per heavy atom. The van der Waals surface area contributed by atoms with Gasteiger partial charge < -0.3 is 5.32 Å². The van der Waals surface area contributed by atoms with E-state index in [1.165, 1.54) is 0 Å². The summed E-state index contributed by atoms with van der Waals surface area (Å²) in [6.45, 7) is 0.830. The average Bonchev–Trinajstić information content (AvgIpc) is 2.46. The van der Waals surface area contributed by atoms with Crippen molar-refractivity contribution in [3.8, 4) is 0 Å². The Morgan fingerprint density at radius 1 is 1.00 bits per heavy atom. The van der Waals surface area contributed by atoms with Gasteiger partial charge in [0.05, 0.1) is 4.90 Å². The molecule has 0 aliphatic heterocycles. The van der Waals surface area contributed by atoms with Crippen LogP contribution < -0.4 is 10.0 Å². The van der Waals surface area contributed by atoms with Gasteiger partial charge in [0.1, 0.15) is 0 Å². The smallest absolute Gasteiger partial charge is 0.240 e. The zero-order chi connectivity index (χ0) is 15.3. The van der Waals surface area contributed by atoms with Crippen molar-refractivity contribution < 1.29 is 8.42 Å². The Hall–Kier alpha value is -1.40. The molecule has 0 aliphatic rings. The molecule has 0 aliphatic carbocycles. The van der Waals surface area contributed by atoms with E-state index in [4.69, 9.17) is 11.6 Å². The molecule has 4 nitrogen and oxygen atoms in total. The number of benzene rings is 2. The van der Waals surface area contributed by atoms with Crippen LogP contribution in [0.15, 0.2) is 53.4 Å². The molecule has 2 aromatic rings. The van der Waals surface area contributed by atoms with E-state index in [9.17, 15) is 8.42 Å². The molecule has 2 rings (SSSR count). The number of rotatable bonds is 6. The molecule has 21 heavy (non-hydrogen) atoms. The van der Waals surface area contributed by atoms with Gasteiger partial charge in [0.15, 0.2) is 0 Å². The molecular formula is C15H17ClN2O2S. The Balaban J connectivity index is 2.13.